The minimum atomic E-state index is -0.127. The van der Waals surface area contributed by atoms with Crippen molar-refractivity contribution in [1.29, 1.82) is 0 Å². The van der Waals surface area contributed by atoms with Gasteiger partial charge in [0.1, 0.15) is 0 Å². The average molecular weight is 372 g/mol. The van der Waals surface area contributed by atoms with Crippen molar-refractivity contribution < 1.29 is 4.79 Å². The number of carbonyl (C=O) groups is 1. The maximum Gasteiger partial charge on any atom is 0.238 e. The van der Waals surface area contributed by atoms with Crippen LogP contribution in [-0.4, -0.2) is 24.4 Å². The number of nitrogens with zero attached hydrogens (tertiary/aromatic N) is 1. The van der Waals surface area contributed by atoms with E-state index in [0.717, 1.165) is 11.1 Å². The van der Waals surface area contributed by atoms with Crippen molar-refractivity contribution in [2.75, 3.05) is 18.9 Å². The largest absolute Gasteiger partial charge is 0.324 e. The highest BCUT2D eigenvalue weighted by molar-refractivity contribution is 6.42. The predicted molar refractivity (Wildman–Crippen MR) is 97.6 cm³/mol. The first-order valence-electron chi connectivity index (χ1n) is 7.03. The van der Waals surface area contributed by atoms with Gasteiger partial charge in [-0.05, 0) is 49.4 Å². The van der Waals surface area contributed by atoms with Crippen LogP contribution in [0.5, 0.6) is 0 Å². The molecule has 23 heavy (non-hydrogen) atoms. The Morgan fingerprint density at radius 2 is 1.78 bits per heavy atom. The molecular weight excluding hydrogens is 355 g/mol. The van der Waals surface area contributed by atoms with Gasteiger partial charge in [0, 0.05) is 6.54 Å². The molecule has 2 rings (SSSR count). The van der Waals surface area contributed by atoms with E-state index in [1.807, 2.05) is 37.1 Å². The van der Waals surface area contributed by atoms with E-state index in [1.54, 1.807) is 18.2 Å². The van der Waals surface area contributed by atoms with Gasteiger partial charge in [-0.15, -0.1) is 0 Å². The number of hydrogen-bond acceptors (Lipinski definition) is 2. The van der Waals surface area contributed by atoms with E-state index in [4.69, 9.17) is 34.8 Å². The number of benzene rings is 2. The number of aryl methyl sites for hydroxylation is 1. The fourth-order valence-corrected chi connectivity index (χ4v) is 2.76. The molecule has 0 aliphatic heterocycles. The Labute approximate surface area is 151 Å². The number of anilines is 1. The second-order valence-electron chi connectivity index (χ2n) is 5.45. The van der Waals surface area contributed by atoms with Crippen LogP contribution in [0.1, 0.15) is 11.1 Å². The summed E-state index contributed by atoms with van der Waals surface area (Å²) in [6, 6.07) is 11.0. The first-order chi connectivity index (χ1) is 10.8. The van der Waals surface area contributed by atoms with Crippen molar-refractivity contribution >= 4 is 46.4 Å². The van der Waals surface area contributed by atoms with E-state index in [9.17, 15) is 4.79 Å². The van der Waals surface area contributed by atoms with Crippen LogP contribution in [0.2, 0.25) is 15.1 Å². The van der Waals surface area contributed by atoms with E-state index in [0.29, 0.717) is 27.3 Å². The lowest BCUT2D eigenvalue weighted by molar-refractivity contribution is -0.117. The number of amides is 1. The second kappa shape index (κ2) is 8.02. The molecule has 0 saturated heterocycles. The molecule has 0 bridgehead atoms. The molecular formula is C17H17Cl3N2O. The third kappa shape index (κ3) is 5.40. The summed E-state index contributed by atoms with van der Waals surface area (Å²) >= 11 is 18.0. The van der Waals surface area contributed by atoms with Crippen molar-refractivity contribution in [3.63, 3.8) is 0 Å². The number of carbonyl (C=O) groups excluding carboxylic acids is 1. The molecule has 1 N–H and O–H groups in total. The van der Waals surface area contributed by atoms with E-state index in [2.05, 4.69) is 5.32 Å². The summed E-state index contributed by atoms with van der Waals surface area (Å²) in [6.45, 7) is 2.78. The Bertz CT molecular complexity index is 719. The Kier molecular flexibility index (Phi) is 6.31. The molecule has 0 spiro atoms. The molecule has 0 heterocycles. The lowest BCUT2D eigenvalue weighted by Crippen LogP contribution is -2.29. The van der Waals surface area contributed by atoms with Crippen molar-refractivity contribution in [3.05, 3.63) is 62.6 Å². The average Bonchev–Trinajstić information content (AvgIpc) is 2.46. The van der Waals surface area contributed by atoms with E-state index >= 15 is 0 Å². The molecule has 0 fully saturated rings. The molecule has 0 atom stereocenters. The molecule has 0 aromatic heterocycles. The normalized spacial score (nSPS) is 10.9. The lowest BCUT2D eigenvalue weighted by Gasteiger charge is -2.17. The third-order valence-electron chi connectivity index (χ3n) is 3.25. The summed E-state index contributed by atoms with van der Waals surface area (Å²) in [5, 5.41) is 4.37. The van der Waals surface area contributed by atoms with Crippen molar-refractivity contribution in [1.82, 2.24) is 4.90 Å². The zero-order valence-electron chi connectivity index (χ0n) is 12.9. The van der Waals surface area contributed by atoms with E-state index in [1.165, 1.54) is 0 Å². The number of rotatable bonds is 5. The predicted octanol–water partition coefficient (Wildman–Crippen LogP) is 5.03. The Morgan fingerprint density at radius 1 is 1.04 bits per heavy atom. The van der Waals surface area contributed by atoms with Crippen molar-refractivity contribution in [3.8, 4) is 0 Å². The highest BCUT2D eigenvalue weighted by atomic mass is 35.5. The SMILES string of the molecule is Cc1ccc(NC(=O)CN(C)Cc2ccc(Cl)c(Cl)c2)c(Cl)c1. The third-order valence-corrected chi connectivity index (χ3v) is 4.30. The monoisotopic (exact) mass is 370 g/mol. The van der Waals surface area contributed by atoms with Gasteiger partial charge in [-0.25, -0.2) is 0 Å². The van der Waals surface area contributed by atoms with Gasteiger partial charge in [-0.1, -0.05) is 46.9 Å². The van der Waals surface area contributed by atoms with Gasteiger partial charge in [0.25, 0.3) is 0 Å². The Balaban J connectivity index is 1.92. The molecule has 0 unspecified atom stereocenters. The standard InChI is InChI=1S/C17H17Cl3N2O/c1-11-3-6-16(15(20)7-11)21-17(23)10-22(2)9-12-4-5-13(18)14(19)8-12/h3-8H,9-10H2,1-2H3,(H,21,23). The summed E-state index contributed by atoms with van der Waals surface area (Å²) in [6.07, 6.45) is 0. The van der Waals surface area contributed by atoms with Crippen LogP contribution in [0.4, 0.5) is 5.69 Å². The fourth-order valence-electron chi connectivity index (χ4n) is 2.16. The minimum Gasteiger partial charge on any atom is -0.324 e. The highest BCUT2D eigenvalue weighted by Crippen LogP contribution is 2.24. The van der Waals surface area contributed by atoms with Crippen LogP contribution in [0.15, 0.2) is 36.4 Å². The van der Waals surface area contributed by atoms with Gasteiger partial charge in [-0.3, -0.25) is 9.69 Å². The van der Waals surface area contributed by atoms with Gasteiger partial charge >= 0.3 is 0 Å². The lowest BCUT2D eigenvalue weighted by atomic mass is 10.2. The van der Waals surface area contributed by atoms with E-state index in [-0.39, 0.29) is 12.5 Å². The smallest absolute Gasteiger partial charge is 0.238 e. The zero-order valence-corrected chi connectivity index (χ0v) is 15.1. The van der Waals surface area contributed by atoms with Gasteiger partial charge in [0.2, 0.25) is 5.91 Å². The van der Waals surface area contributed by atoms with Gasteiger partial charge < -0.3 is 5.32 Å². The molecule has 2 aromatic rings. The molecule has 0 aliphatic rings. The molecule has 6 heteroatoms. The number of nitrogens with one attached hydrogen (secondary N) is 1. The van der Waals surface area contributed by atoms with Crippen LogP contribution in [0.25, 0.3) is 0 Å². The van der Waals surface area contributed by atoms with E-state index < -0.39 is 0 Å². The zero-order chi connectivity index (χ0) is 17.0. The van der Waals surface area contributed by atoms with Gasteiger partial charge in [0.05, 0.1) is 27.3 Å². The quantitative estimate of drug-likeness (QED) is 0.800. The number of halogens is 3. The Hall–Kier alpha value is -1.26. The van der Waals surface area contributed by atoms with Crippen molar-refractivity contribution in [2.45, 2.75) is 13.5 Å². The van der Waals surface area contributed by atoms with Crippen LogP contribution in [-0.2, 0) is 11.3 Å². The second-order valence-corrected chi connectivity index (χ2v) is 6.67. The summed E-state index contributed by atoms with van der Waals surface area (Å²) in [5.41, 5.74) is 2.65. The topological polar surface area (TPSA) is 32.3 Å². The van der Waals surface area contributed by atoms with Crippen LogP contribution < -0.4 is 5.32 Å². The molecule has 0 saturated carbocycles. The van der Waals surface area contributed by atoms with Crippen LogP contribution >= 0.6 is 34.8 Å². The molecule has 2 aromatic carbocycles. The molecule has 1 amide bonds. The minimum absolute atomic E-state index is 0.127. The first kappa shape index (κ1) is 18.1. The van der Waals surface area contributed by atoms with Crippen molar-refractivity contribution in [2.24, 2.45) is 0 Å². The number of likely N-dealkylation sites (N-methyl/N-ethyl adjacent to an activating group) is 1. The summed E-state index contributed by atoms with van der Waals surface area (Å²) in [5.74, 6) is -0.127. The van der Waals surface area contributed by atoms with Gasteiger partial charge in [-0.2, -0.15) is 0 Å². The highest BCUT2D eigenvalue weighted by Gasteiger charge is 2.10. The number of hydrogen-bond donors (Lipinski definition) is 1. The molecule has 0 radical (unpaired) electrons. The summed E-state index contributed by atoms with van der Waals surface area (Å²) in [7, 11) is 1.86. The van der Waals surface area contributed by atoms with Gasteiger partial charge in [0.15, 0.2) is 0 Å². The first-order valence-corrected chi connectivity index (χ1v) is 8.17. The molecule has 3 nitrogen and oxygen atoms in total. The van der Waals surface area contributed by atoms with Crippen LogP contribution in [0.3, 0.4) is 0 Å². The molecule has 0 aliphatic carbocycles. The Morgan fingerprint density at radius 3 is 2.43 bits per heavy atom. The molecule has 122 valence electrons. The summed E-state index contributed by atoms with van der Waals surface area (Å²) < 4.78 is 0. The fraction of sp³-hybridized carbons (Fsp3) is 0.235. The maximum absolute atomic E-state index is 12.1. The maximum atomic E-state index is 12.1. The summed E-state index contributed by atoms with van der Waals surface area (Å²) in [4.78, 5) is 14.0. The van der Waals surface area contributed by atoms with Crippen LogP contribution in [0, 0.1) is 6.92 Å².